The number of allylic oxidation sites excluding steroid dienone is 1. The largest absolute Gasteiger partial charge is 0.444 e. The molecular weight excluding hydrogens is 743 g/mol. The lowest BCUT2D eigenvalue weighted by molar-refractivity contribution is -0.0705. The Hall–Kier alpha value is -6.11. The number of nitrogens with one attached hydrogen (secondary N) is 2. The van der Waals surface area contributed by atoms with E-state index in [1.807, 2.05) is 17.6 Å². The zero-order chi connectivity index (χ0) is 38.9. The molecule has 7 aromatic rings. The predicted molar refractivity (Wildman–Crippen MR) is 207 cm³/mol. The van der Waals surface area contributed by atoms with Gasteiger partial charge in [0.15, 0.2) is 11.5 Å². The van der Waals surface area contributed by atoms with Gasteiger partial charge in [0.1, 0.15) is 23.3 Å². The van der Waals surface area contributed by atoms with Crippen molar-refractivity contribution in [2.24, 2.45) is 0 Å². The van der Waals surface area contributed by atoms with Gasteiger partial charge in [0.2, 0.25) is 0 Å². The Bertz CT molecular complexity index is 2740. The van der Waals surface area contributed by atoms with E-state index in [0.29, 0.717) is 52.8 Å². The van der Waals surface area contributed by atoms with Crippen molar-refractivity contribution in [1.29, 1.82) is 0 Å². The van der Waals surface area contributed by atoms with Crippen molar-refractivity contribution in [2.45, 2.75) is 45.1 Å². The molecule has 0 radical (unpaired) electrons. The van der Waals surface area contributed by atoms with Crippen molar-refractivity contribution in [3.05, 3.63) is 142 Å². The van der Waals surface area contributed by atoms with Crippen LogP contribution in [0.15, 0.2) is 91.5 Å². The number of amides is 1. The van der Waals surface area contributed by atoms with Crippen LogP contribution in [0.3, 0.4) is 0 Å². The fraction of sp³-hybridized carbons (Fsp3) is 0.186. The molecule has 1 amide bonds. The Balaban J connectivity index is 1.01. The first kappa shape index (κ1) is 35.6. The van der Waals surface area contributed by atoms with Crippen LogP contribution in [0.5, 0.6) is 11.5 Å². The summed E-state index contributed by atoms with van der Waals surface area (Å²) in [5.41, 5.74) is 5.00. The standard InChI is InChI=1S/C43H33ClF3N5O4/c1-22(2)40-30-15-23(7-11-35(30)50-51-40)42(53)48-26-9-12-37-36(19-26)49-39(52(37)21-27-13-14-54-27)20-29-32(45)16-24(17-33(29)46)28-5-4-6-38-41(28)56-43(3,55-38)31-10-8-25(44)18-34(31)47/h4-12,15-19,27H,1,13-14,20-21H2,2-3H3,(H,48,53)(H,50,51). The van der Waals surface area contributed by atoms with Gasteiger partial charge in [0.05, 0.1) is 40.5 Å². The van der Waals surface area contributed by atoms with E-state index in [0.717, 1.165) is 34.5 Å². The van der Waals surface area contributed by atoms with Gasteiger partial charge in [-0.05, 0) is 97.3 Å². The third-order valence-electron chi connectivity index (χ3n) is 10.3. The summed E-state index contributed by atoms with van der Waals surface area (Å²) in [6, 6.07) is 22.2. The topological polar surface area (TPSA) is 103 Å². The Morgan fingerprint density at radius 1 is 1.02 bits per heavy atom. The number of rotatable bonds is 9. The van der Waals surface area contributed by atoms with Gasteiger partial charge in [-0.15, -0.1) is 0 Å². The number of anilines is 1. The summed E-state index contributed by atoms with van der Waals surface area (Å²) in [7, 11) is 0. The minimum atomic E-state index is -1.54. The van der Waals surface area contributed by atoms with Gasteiger partial charge in [0, 0.05) is 52.7 Å². The number of aromatic amines is 1. The van der Waals surface area contributed by atoms with Crippen LogP contribution in [0.1, 0.15) is 53.3 Å². The molecule has 0 saturated carbocycles. The molecular formula is C43H33ClF3N5O4. The zero-order valence-electron chi connectivity index (χ0n) is 30.2. The number of nitrogens with zero attached hydrogens (tertiary/aromatic N) is 3. The summed E-state index contributed by atoms with van der Waals surface area (Å²) >= 11 is 5.96. The van der Waals surface area contributed by atoms with E-state index in [4.69, 9.17) is 30.8 Å². The molecule has 9 rings (SSSR count). The fourth-order valence-corrected chi connectivity index (χ4v) is 7.48. The van der Waals surface area contributed by atoms with E-state index in [9.17, 15) is 9.18 Å². The molecule has 2 aromatic heterocycles. The molecule has 0 spiro atoms. The van der Waals surface area contributed by atoms with Gasteiger partial charge in [-0.3, -0.25) is 9.89 Å². The number of para-hydroxylation sites is 1. The summed E-state index contributed by atoms with van der Waals surface area (Å²) in [5, 5.41) is 11.2. The molecule has 13 heteroatoms. The lowest BCUT2D eigenvalue weighted by Gasteiger charge is -2.27. The Labute approximate surface area is 323 Å². The summed E-state index contributed by atoms with van der Waals surface area (Å²) in [5.74, 6) is -3.10. The Morgan fingerprint density at radius 3 is 2.55 bits per heavy atom. The Morgan fingerprint density at radius 2 is 1.82 bits per heavy atom. The van der Waals surface area contributed by atoms with Gasteiger partial charge in [-0.25, -0.2) is 18.2 Å². The highest BCUT2D eigenvalue weighted by atomic mass is 35.5. The molecule has 0 bridgehead atoms. The van der Waals surface area contributed by atoms with Crippen LogP contribution < -0.4 is 14.8 Å². The van der Waals surface area contributed by atoms with Gasteiger partial charge in [-0.1, -0.05) is 30.3 Å². The number of carbonyl (C=O) groups is 1. The lowest BCUT2D eigenvalue weighted by atomic mass is 10.00. The maximum absolute atomic E-state index is 16.1. The van der Waals surface area contributed by atoms with Crippen LogP contribution >= 0.6 is 11.6 Å². The second-order valence-electron chi connectivity index (χ2n) is 14.2. The zero-order valence-corrected chi connectivity index (χ0v) is 30.9. The summed E-state index contributed by atoms with van der Waals surface area (Å²) in [6.07, 6.45) is 0.617. The minimum Gasteiger partial charge on any atom is -0.444 e. The molecule has 2 aliphatic rings. The van der Waals surface area contributed by atoms with Crippen molar-refractivity contribution in [1.82, 2.24) is 19.7 Å². The molecule has 2 atom stereocenters. The van der Waals surface area contributed by atoms with E-state index in [1.54, 1.807) is 55.5 Å². The van der Waals surface area contributed by atoms with Crippen LogP contribution in [0, 0.1) is 17.5 Å². The normalized spacial score (nSPS) is 17.4. The summed E-state index contributed by atoms with van der Waals surface area (Å²) in [6.45, 7) is 8.46. The molecule has 2 unspecified atom stereocenters. The second kappa shape index (κ2) is 13.6. The fourth-order valence-electron chi connectivity index (χ4n) is 7.32. The smallest absolute Gasteiger partial charge is 0.278 e. The van der Waals surface area contributed by atoms with Crippen molar-refractivity contribution in [3.8, 4) is 22.6 Å². The Kier molecular flexibility index (Phi) is 8.62. The number of imidazole rings is 1. The van der Waals surface area contributed by atoms with Gasteiger partial charge in [-0.2, -0.15) is 5.10 Å². The van der Waals surface area contributed by atoms with Gasteiger partial charge in [0.25, 0.3) is 11.7 Å². The third kappa shape index (κ3) is 6.24. The molecule has 9 nitrogen and oxygen atoms in total. The first-order valence-corrected chi connectivity index (χ1v) is 18.3. The number of aromatic nitrogens is 4. The van der Waals surface area contributed by atoms with Crippen LogP contribution in [-0.2, 0) is 23.5 Å². The number of hydrogen-bond donors (Lipinski definition) is 2. The number of H-pyrrole nitrogens is 1. The number of carbonyl (C=O) groups excluding carboxylic acids is 1. The summed E-state index contributed by atoms with van der Waals surface area (Å²) < 4.78 is 67.0. The molecule has 1 saturated heterocycles. The van der Waals surface area contributed by atoms with Crippen LogP contribution in [0.4, 0.5) is 18.9 Å². The van der Waals surface area contributed by atoms with E-state index >= 15 is 8.78 Å². The van der Waals surface area contributed by atoms with E-state index in [2.05, 4.69) is 22.1 Å². The number of ether oxygens (including phenoxy) is 3. The number of fused-ring (bicyclic) bond motifs is 3. The van der Waals surface area contributed by atoms with Gasteiger partial charge >= 0.3 is 0 Å². The maximum Gasteiger partial charge on any atom is 0.278 e. The van der Waals surface area contributed by atoms with E-state index < -0.39 is 23.2 Å². The molecule has 5 aromatic carbocycles. The van der Waals surface area contributed by atoms with Crippen molar-refractivity contribution >= 4 is 50.7 Å². The van der Waals surface area contributed by atoms with Crippen LogP contribution in [0.25, 0.3) is 38.6 Å². The highest BCUT2D eigenvalue weighted by Crippen LogP contribution is 2.50. The molecule has 1 fully saturated rings. The first-order valence-electron chi connectivity index (χ1n) is 17.9. The van der Waals surface area contributed by atoms with E-state index in [-0.39, 0.29) is 45.9 Å². The van der Waals surface area contributed by atoms with Gasteiger partial charge < -0.3 is 24.1 Å². The highest BCUT2D eigenvalue weighted by Gasteiger charge is 2.42. The maximum atomic E-state index is 16.1. The predicted octanol–water partition coefficient (Wildman–Crippen LogP) is 9.96. The lowest BCUT2D eigenvalue weighted by Crippen LogP contribution is -2.32. The average molecular weight is 776 g/mol. The number of hydrogen-bond acceptors (Lipinski definition) is 6. The molecule has 0 aliphatic carbocycles. The molecule has 282 valence electrons. The quantitative estimate of drug-likeness (QED) is 0.151. The molecule has 56 heavy (non-hydrogen) atoms. The monoisotopic (exact) mass is 775 g/mol. The minimum absolute atomic E-state index is 0.0704. The number of halogens is 4. The van der Waals surface area contributed by atoms with Crippen LogP contribution in [0.2, 0.25) is 5.02 Å². The summed E-state index contributed by atoms with van der Waals surface area (Å²) in [4.78, 5) is 18.2. The molecule has 4 heterocycles. The van der Waals surface area contributed by atoms with Crippen molar-refractivity contribution < 1.29 is 32.2 Å². The van der Waals surface area contributed by atoms with Crippen molar-refractivity contribution in [2.75, 3.05) is 11.9 Å². The third-order valence-corrected chi connectivity index (χ3v) is 10.5. The van der Waals surface area contributed by atoms with E-state index in [1.165, 1.54) is 24.3 Å². The second-order valence-corrected chi connectivity index (χ2v) is 14.6. The number of benzene rings is 5. The van der Waals surface area contributed by atoms with Crippen LogP contribution in [-0.4, -0.2) is 38.4 Å². The molecule has 2 aliphatic heterocycles. The highest BCUT2D eigenvalue weighted by molar-refractivity contribution is 6.30. The van der Waals surface area contributed by atoms with Crippen molar-refractivity contribution in [3.63, 3.8) is 0 Å². The first-order chi connectivity index (χ1) is 26.9. The molecule has 2 N–H and O–H groups in total. The SMILES string of the molecule is C=C(C)c1n[nH]c2ccc(C(=O)Nc3ccc4c(c3)nc(Cc3c(F)cc(-c5cccc6c5OC(C)(c5ccc(Cl)cc5F)O6)cc3F)n4CC3CCO3)cc12. The average Bonchev–Trinajstić information content (AvgIpc) is 3.83.